The summed E-state index contributed by atoms with van der Waals surface area (Å²) in [5, 5.41) is 6.88. The van der Waals surface area contributed by atoms with Gasteiger partial charge >= 0.3 is 102 Å². The second-order valence-electron chi connectivity index (χ2n) is 16.9. The molecule has 8 N–H and O–H groups in total. The molecule has 14 aromatic rings. The predicted octanol–water partition coefficient (Wildman–Crippen LogP) is 22.1. The van der Waals surface area contributed by atoms with E-state index in [1.54, 1.807) is 195 Å². The van der Waals surface area contributed by atoms with E-state index in [0.717, 1.165) is 0 Å². The average Bonchev–Trinajstić information content (AvgIpc) is 4.57. The zero-order chi connectivity index (χ0) is 65.3. The third kappa shape index (κ3) is 72.0. The number of nitrogens with one attached hydrogen (secondary N) is 8. The van der Waals surface area contributed by atoms with Gasteiger partial charge in [-0.3, -0.25) is 0 Å². The fourth-order valence-corrected chi connectivity index (χ4v) is 5.25. The third-order valence-corrected chi connectivity index (χ3v) is 9.42. The van der Waals surface area contributed by atoms with Crippen LogP contribution >= 0.6 is 0 Å². The molecule has 8 aromatic heterocycles. The molecule has 0 aliphatic rings. The first-order valence-corrected chi connectivity index (χ1v) is 27.7. The molecule has 0 aliphatic heterocycles. The van der Waals surface area contributed by atoms with Crippen molar-refractivity contribution in [3.05, 3.63) is 434 Å². The van der Waals surface area contributed by atoms with Crippen molar-refractivity contribution in [2.75, 3.05) is 0 Å². The molecule has 14 rings (SSSR count). The Hall–Kier alpha value is -9.44. The monoisotopic (exact) mass is 1520 g/mol. The number of rotatable bonds is 0. The van der Waals surface area contributed by atoms with Crippen LogP contribution in [0.25, 0.3) is 40.1 Å². The summed E-state index contributed by atoms with van der Waals surface area (Å²) in [6.45, 7) is 4.17. The van der Waals surface area contributed by atoms with Gasteiger partial charge in [-0.1, -0.05) is 313 Å². The maximum atomic E-state index is 6.88. The number of nitrogens with zero attached hydrogens (tertiary/aromatic N) is 8. The molecule has 96 heavy (non-hydrogen) atoms. The fraction of sp³-hybridized carbons (Fsp3) is 0.0270. The van der Waals surface area contributed by atoms with Gasteiger partial charge in [-0.05, 0) is 13.8 Å². The van der Waals surface area contributed by atoms with Crippen LogP contribution in [0.15, 0.2) is 377 Å². The van der Waals surface area contributed by atoms with Crippen molar-refractivity contribution >= 4 is 40.7 Å². The molecule has 0 amide bonds. The Morgan fingerprint density at radius 2 is 0.417 bits per heavy atom. The molecule has 16 nitrogen and oxygen atoms in total. The predicted molar refractivity (Wildman–Crippen MR) is 374 cm³/mol. The number of hydrogen-bond donors (Lipinski definition) is 1. The minimum absolute atomic E-state index is 0. The summed E-state index contributed by atoms with van der Waals surface area (Å²) < 4.78 is 0. The normalized spacial score (nSPS) is 7.94. The van der Waals surface area contributed by atoms with E-state index in [4.69, 9.17) is 45.5 Å². The molecule has 6 radical (unpaired) electrons. The Balaban J connectivity index is -0.000000226. The number of aryl methyl sites for hydroxylation is 2. The Labute approximate surface area is 630 Å². The molecule has 0 spiro atoms. The van der Waals surface area contributed by atoms with Gasteiger partial charge in [-0.25, -0.2) is 48.5 Å². The molecule has 22 heteroatoms. The summed E-state index contributed by atoms with van der Waals surface area (Å²) in [6, 6.07) is 102. The van der Waals surface area contributed by atoms with Crippen molar-refractivity contribution in [1.29, 1.82) is 5.41 Å². The largest absolute Gasteiger partial charge is 2.00 e. The topological polar surface area (TPSA) is 295 Å². The maximum Gasteiger partial charge on any atom is 2.00 e. The minimum atomic E-state index is 0. The first-order valence-electron chi connectivity index (χ1n) is 27.7. The summed E-state index contributed by atoms with van der Waals surface area (Å²) in [7, 11) is 0. The van der Waals surface area contributed by atoms with Crippen molar-refractivity contribution in [1.82, 2.24) is 39.9 Å². The zero-order valence-electron chi connectivity index (χ0n) is 52.6. The standard InChI is InChI=1S/2C7H8.8C5H5N2.4C5H5.6Mn/c2*1-7-5-3-2-4-6-7;8*6-5-3-1-2-4-7-5;4*1-2-4-5-3-1;;;;;;/h2*2-6H,1H3;8*1-4H,(H-,6,7);4*1-5H;;;;;;/q;;12*-1;6*+2. The maximum absolute atomic E-state index is 6.88. The van der Waals surface area contributed by atoms with Crippen LogP contribution in [0.5, 0.6) is 0 Å². The average molecular weight is 1520 g/mol. The molecule has 6 aromatic carbocycles. The molecule has 0 unspecified atom stereocenters. The SMILES string of the molecule is Cc1ccccc1.Cc1ccccc1.N=c1cccc[n-]1.[Mn+2].[Mn+2].[Mn+2].[Mn+2].[Mn+2].[Mn+2].[NH-]c1ccccn1.[NH-]c1ccccn1.[NH-]c1ccccn1.[NH-]c1ccccn1.[NH-]c1ccccn1.[NH-]c1ccccn1.[NH-]c1ccccn1.c1cc[cH-]c1.c1cc[cH-]c1.c1cc[cH-]c1.c1cc[cH-]c1. The molecular weight excluding hydrogens is 1440 g/mol. The van der Waals surface area contributed by atoms with Crippen molar-refractivity contribution in [2.24, 2.45) is 0 Å². The van der Waals surface area contributed by atoms with E-state index in [0.29, 0.717) is 46.2 Å². The number of hydrogen-bond acceptors (Lipinski definition) is 8. The summed E-state index contributed by atoms with van der Waals surface area (Å²) in [6.07, 6.45) is 12.8. The molecule has 0 fully saturated rings. The van der Waals surface area contributed by atoms with Gasteiger partial charge < -0.3 is 85.4 Å². The van der Waals surface area contributed by atoms with Crippen molar-refractivity contribution in [2.45, 2.75) is 13.8 Å². The van der Waals surface area contributed by atoms with E-state index < -0.39 is 0 Å². The third-order valence-electron chi connectivity index (χ3n) is 9.42. The molecule has 8 heterocycles. The van der Waals surface area contributed by atoms with E-state index in [9.17, 15) is 0 Å². The molecule has 0 saturated carbocycles. The van der Waals surface area contributed by atoms with E-state index >= 15 is 0 Å². The van der Waals surface area contributed by atoms with Crippen molar-refractivity contribution < 1.29 is 102 Å². The summed E-state index contributed by atoms with van der Waals surface area (Å²) in [5.74, 6) is 2.25. The molecule has 0 bridgehead atoms. The molecule has 0 aliphatic carbocycles. The van der Waals surface area contributed by atoms with Crippen LogP contribution in [0.1, 0.15) is 11.1 Å². The Kier molecular flexibility index (Phi) is 75.9. The summed E-state index contributed by atoms with van der Waals surface area (Å²) in [5.41, 5.74) is 51.2. The fourth-order valence-electron chi connectivity index (χ4n) is 5.25. The first kappa shape index (κ1) is 97.6. The Morgan fingerprint density at radius 1 is 0.240 bits per heavy atom. The van der Waals surface area contributed by atoms with Crippen LogP contribution in [0.3, 0.4) is 0 Å². The molecular formula is C74H76Mn6N16. The van der Waals surface area contributed by atoms with Crippen LogP contribution in [0, 0.1) is 19.3 Å². The summed E-state index contributed by atoms with van der Waals surface area (Å²) in [4.78, 5) is 29.2. The molecule has 494 valence electrons. The first-order chi connectivity index (χ1) is 43.9. The van der Waals surface area contributed by atoms with Gasteiger partial charge in [-0.2, -0.15) is 72.8 Å². The van der Waals surface area contributed by atoms with Gasteiger partial charge in [0, 0.05) is 0 Å². The van der Waals surface area contributed by atoms with E-state index in [2.05, 4.69) is 78.0 Å². The molecule has 0 saturated heterocycles. The van der Waals surface area contributed by atoms with Crippen molar-refractivity contribution in [3.8, 4) is 0 Å². The van der Waals surface area contributed by atoms with Crippen LogP contribution in [0.2, 0.25) is 0 Å². The van der Waals surface area contributed by atoms with Gasteiger partial charge in [0.25, 0.3) is 0 Å². The van der Waals surface area contributed by atoms with Crippen LogP contribution in [-0.2, 0) is 102 Å². The van der Waals surface area contributed by atoms with Gasteiger partial charge in [0.05, 0.1) is 0 Å². The van der Waals surface area contributed by atoms with E-state index in [-0.39, 0.29) is 102 Å². The molecule has 0 atom stereocenters. The van der Waals surface area contributed by atoms with Gasteiger partial charge in [0.1, 0.15) is 0 Å². The minimum Gasteiger partial charge on any atom is -0.482 e. The second kappa shape index (κ2) is 74.6. The van der Waals surface area contributed by atoms with Gasteiger partial charge in [-0.15, -0.1) is 0 Å². The van der Waals surface area contributed by atoms with E-state index in [1.807, 2.05) is 158 Å². The van der Waals surface area contributed by atoms with Crippen LogP contribution in [-0.4, -0.2) is 34.9 Å². The second-order valence-corrected chi connectivity index (χ2v) is 16.9. The number of aromatic nitrogens is 8. The van der Waals surface area contributed by atoms with Gasteiger partial charge in [0.15, 0.2) is 0 Å². The van der Waals surface area contributed by atoms with E-state index in [1.165, 1.54) is 11.1 Å². The zero-order valence-corrected chi connectivity index (χ0v) is 59.7. The Morgan fingerprint density at radius 3 is 0.490 bits per heavy atom. The number of benzene rings is 2. The van der Waals surface area contributed by atoms with Crippen LogP contribution < -0.4 is 10.5 Å². The summed E-state index contributed by atoms with van der Waals surface area (Å²) >= 11 is 0. The number of pyridine rings is 8. The quantitative estimate of drug-likeness (QED) is 0.112. The van der Waals surface area contributed by atoms with Gasteiger partial charge in [0.2, 0.25) is 0 Å². The van der Waals surface area contributed by atoms with Crippen molar-refractivity contribution in [3.63, 3.8) is 0 Å². The van der Waals surface area contributed by atoms with Crippen LogP contribution in [0.4, 0.5) is 40.7 Å². The Bertz CT molecular complexity index is 2860. The smallest absolute Gasteiger partial charge is 0.482 e.